The number of aryl methyl sites for hydroxylation is 1. The number of carbonyl (C=O) groups is 2. The summed E-state index contributed by atoms with van der Waals surface area (Å²) >= 11 is 1.44. The van der Waals surface area contributed by atoms with E-state index in [2.05, 4.69) is 5.32 Å². The van der Waals surface area contributed by atoms with Crippen LogP contribution < -0.4 is 10.2 Å². The fourth-order valence-electron chi connectivity index (χ4n) is 2.77. The second-order valence-corrected chi connectivity index (χ2v) is 7.73. The molecule has 0 radical (unpaired) electrons. The minimum Gasteiger partial charge on any atom is -0.350 e. The minimum atomic E-state index is -0.130. The van der Waals surface area contributed by atoms with Crippen molar-refractivity contribution in [1.29, 1.82) is 0 Å². The van der Waals surface area contributed by atoms with Crippen molar-refractivity contribution < 1.29 is 9.59 Å². The fraction of sp³-hybridized carbons (Fsp3) is 0.238. The molecule has 2 aromatic carbocycles. The van der Waals surface area contributed by atoms with E-state index in [1.54, 1.807) is 24.1 Å². The lowest BCUT2D eigenvalue weighted by Crippen LogP contribution is -2.32. The number of anilines is 1. The van der Waals surface area contributed by atoms with Crippen molar-refractivity contribution in [2.45, 2.75) is 31.7 Å². The van der Waals surface area contributed by atoms with Crippen LogP contribution in [0.2, 0.25) is 0 Å². The van der Waals surface area contributed by atoms with Crippen LogP contribution in [0.5, 0.6) is 0 Å². The Balaban J connectivity index is 1.95. The summed E-state index contributed by atoms with van der Waals surface area (Å²) in [5.74, 6) is -0.193. The molecule has 134 valence electrons. The molecule has 2 aromatic rings. The SMILES string of the molecule is Cc1ccccc1/C=C1\Sc2ccc(C(=O)NC(C)C)cc2N(C)C1=O. The number of likely N-dealkylation sites (N-methyl/N-ethyl adjacent to an activating group) is 1. The summed E-state index contributed by atoms with van der Waals surface area (Å²) in [4.78, 5) is 28.3. The number of amides is 2. The molecule has 1 heterocycles. The van der Waals surface area contributed by atoms with E-state index in [1.807, 2.05) is 57.2 Å². The number of nitrogens with zero attached hydrogens (tertiary/aromatic N) is 1. The Morgan fingerprint density at radius 3 is 2.62 bits per heavy atom. The Labute approximate surface area is 158 Å². The number of benzene rings is 2. The van der Waals surface area contributed by atoms with Crippen LogP contribution in [-0.2, 0) is 4.79 Å². The number of rotatable bonds is 3. The number of nitrogens with one attached hydrogen (secondary N) is 1. The molecule has 0 bridgehead atoms. The quantitative estimate of drug-likeness (QED) is 0.827. The van der Waals surface area contributed by atoms with E-state index in [4.69, 9.17) is 0 Å². The summed E-state index contributed by atoms with van der Waals surface area (Å²) < 4.78 is 0. The van der Waals surface area contributed by atoms with Crippen LogP contribution >= 0.6 is 11.8 Å². The normalized spacial score (nSPS) is 15.3. The zero-order valence-corrected chi connectivity index (χ0v) is 16.2. The third kappa shape index (κ3) is 3.68. The zero-order chi connectivity index (χ0) is 18.8. The average Bonchev–Trinajstić information content (AvgIpc) is 2.60. The fourth-order valence-corrected chi connectivity index (χ4v) is 3.85. The van der Waals surface area contributed by atoms with E-state index in [9.17, 15) is 9.59 Å². The van der Waals surface area contributed by atoms with E-state index in [1.165, 1.54) is 11.8 Å². The lowest BCUT2D eigenvalue weighted by Gasteiger charge is -2.27. The van der Waals surface area contributed by atoms with Crippen LogP contribution in [-0.4, -0.2) is 24.9 Å². The predicted molar refractivity (Wildman–Crippen MR) is 107 cm³/mol. The van der Waals surface area contributed by atoms with Crippen LogP contribution in [0.3, 0.4) is 0 Å². The second kappa shape index (κ2) is 7.38. The van der Waals surface area contributed by atoms with E-state index < -0.39 is 0 Å². The van der Waals surface area contributed by atoms with E-state index in [0.29, 0.717) is 10.5 Å². The number of thioether (sulfide) groups is 1. The maximum absolute atomic E-state index is 12.8. The Kier molecular flexibility index (Phi) is 5.18. The monoisotopic (exact) mass is 366 g/mol. The van der Waals surface area contributed by atoms with Gasteiger partial charge in [-0.2, -0.15) is 0 Å². The molecule has 1 aliphatic rings. The van der Waals surface area contributed by atoms with Gasteiger partial charge in [-0.05, 0) is 56.2 Å². The molecule has 0 saturated heterocycles. The lowest BCUT2D eigenvalue weighted by atomic mass is 10.1. The molecular formula is C21H22N2O2S. The van der Waals surface area contributed by atoms with Crippen molar-refractivity contribution in [3.8, 4) is 0 Å². The molecule has 0 atom stereocenters. The summed E-state index contributed by atoms with van der Waals surface area (Å²) in [6.45, 7) is 5.87. The highest BCUT2D eigenvalue weighted by molar-refractivity contribution is 8.04. The molecule has 2 amide bonds. The van der Waals surface area contributed by atoms with Gasteiger partial charge in [0.2, 0.25) is 0 Å². The van der Waals surface area contributed by atoms with Gasteiger partial charge in [0, 0.05) is 23.5 Å². The van der Waals surface area contributed by atoms with Gasteiger partial charge in [0.1, 0.15) is 0 Å². The van der Waals surface area contributed by atoms with E-state index in [0.717, 1.165) is 21.7 Å². The van der Waals surface area contributed by atoms with Crippen LogP contribution in [0, 0.1) is 6.92 Å². The lowest BCUT2D eigenvalue weighted by molar-refractivity contribution is -0.114. The molecule has 1 N–H and O–H groups in total. The van der Waals surface area contributed by atoms with Crippen molar-refractivity contribution in [3.63, 3.8) is 0 Å². The van der Waals surface area contributed by atoms with Crippen molar-refractivity contribution in [1.82, 2.24) is 5.32 Å². The van der Waals surface area contributed by atoms with Crippen molar-refractivity contribution in [2.75, 3.05) is 11.9 Å². The Morgan fingerprint density at radius 2 is 1.92 bits per heavy atom. The van der Waals surface area contributed by atoms with Crippen molar-refractivity contribution >= 4 is 35.3 Å². The standard InChI is InChI=1S/C21H22N2O2S/c1-13(2)22-20(24)16-9-10-18-17(11-16)23(4)21(25)19(26-18)12-15-8-6-5-7-14(15)3/h5-13H,1-4H3,(H,22,24)/b19-12-. The molecule has 0 unspecified atom stereocenters. The van der Waals surface area contributed by atoms with Crippen LogP contribution in [0.1, 0.15) is 35.3 Å². The third-order valence-electron chi connectivity index (χ3n) is 4.21. The Hall–Kier alpha value is -2.53. The largest absolute Gasteiger partial charge is 0.350 e. The number of carbonyl (C=O) groups excluding carboxylic acids is 2. The highest BCUT2D eigenvalue weighted by atomic mass is 32.2. The number of hydrogen-bond donors (Lipinski definition) is 1. The van der Waals surface area contributed by atoms with Crippen LogP contribution in [0.4, 0.5) is 5.69 Å². The van der Waals surface area contributed by atoms with Gasteiger partial charge < -0.3 is 10.2 Å². The van der Waals surface area contributed by atoms with E-state index in [-0.39, 0.29) is 17.9 Å². The summed E-state index contributed by atoms with van der Waals surface area (Å²) in [6, 6.07) is 13.5. The van der Waals surface area contributed by atoms with Gasteiger partial charge in [-0.25, -0.2) is 0 Å². The van der Waals surface area contributed by atoms with Gasteiger partial charge in [0.05, 0.1) is 10.6 Å². The van der Waals surface area contributed by atoms with Gasteiger partial charge >= 0.3 is 0 Å². The Bertz CT molecular complexity index is 903. The maximum Gasteiger partial charge on any atom is 0.264 e. The van der Waals surface area contributed by atoms with Crippen LogP contribution in [0.25, 0.3) is 6.08 Å². The molecule has 0 fully saturated rings. The summed E-state index contributed by atoms with van der Waals surface area (Å²) in [5, 5.41) is 2.88. The molecule has 4 nitrogen and oxygen atoms in total. The highest BCUT2D eigenvalue weighted by Crippen LogP contribution is 2.42. The predicted octanol–water partition coefficient (Wildman–Crippen LogP) is 4.24. The first-order chi connectivity index (χ1) is 12.4. The van der Waals surface area contributed by atoms with Gasteiger partial charge in [0.25, 0.3) is 11.8 Å². The summed E-state index contributed by atoms with van der Waals surface area (Å²) in [6.07, 6.45) is 1.93. The molecule has 0 saturated carbocycles. The molecular weight excluding hydrogens is 344 g/mol. The van der Waals surface area contributed by atoms with Gasteiger partial charge in [-0.15, -0.1) is 0 Å². The smallest absolute Gasteiger partial charge is 0.264 e. The molecule has 3 rings (SSSR count). The van der Waals surface area contributed by atoms with E-state index >= 15 is 0 Å². The Morgan fingerprint density at radius 1 is 1.19 bits per heavy atom. The summed E-state index contributed by atoms with van der Waals surface area (Å²) in [7, 11) is 1.75. The molecule has 0 spiro atoms. The van der Waals surface area contributed by atoms with Gasteiger partial charge in [0.15, 0.2) is 0 Å². The first kappa shape index (κ1) is 18.3. The third-order valence-corrected chi connectivity index (χ3v) is 5.29. The molecule has 26 heavy (non-hydrogen) atoms. The van der Waals surface area contributed by atoms with Gasteiger partial charge in [-0.1, -0.05) is 36.0 Å². The average molecular weight is 366 g/mol. The maximum atomic E-state index is 12.8. The van der Waals surface area contributed by atoms with Crippen LogP contribution in [0.15, 0.2) is 52.3 Å². The highest BCUT2D eigenvalue weighted by Gasteiger charge is 2.27. The first-order valence-corrected chi connectivity index (χ1v) is 9.36. The second-order valence-electron chi connectivity index (χ2n) is 6.64. The first-order valence-electron chi connectivity index (χ1n) is 8.55. The number of hydrogen-bond acceptors (Lipinski definition) is 3. The zero-order valence-electron chi connectivity index (χ0n) is 15.4. The molecule has 5 heteroatoms. The summed E-state index contributed by atoms with van der Waals surface area (Å²) in [5.41, 5.74) is 3.48. The van der Waals surface area contributed by atoms with Crippen molar-refractivity contribution in [2.24, 2.45) is 0 Å². The number of fused-ring (bicyclic) bond motifs is 1. The van der Waals surface area contributed by atoms with Crippen molar-refractivity contribution in [3.05, 3.63) is 64.1 Å². The molecule has 0 aromatic heterocycles. The minimum absolute atomic E-state index is 0.0628. The molecule has 0 aliphatic carbocycles. The molecule has 1 aliphatic heterocycles. The topological polar surface area (TPSA) is 49.4 Å². The van der Waals surface area contributed by atoms with Gasteiger partial charge in [-0.3, -0.25) is 9.59 Å².